The zero-order chi connectivity index (χ0) is 12.0. The van der Waals surface area contributed by atoms with Gasteiger partial charge in [0, 0.05) is 19.7 Å². The minimum atomic E-state index is 0.256. The number of hydrogen-bond donors (Lipinski definition) is 2. The van der Waals surface area contributed by atoms with Gasteiger partial charge in [-0.15, -0.1) is 0 Å². The Morgan fingerprint density at radius 1 is 1.50 bits per heavy atom. The van der Waals surface area contributed by atoms with E-state index >= 15 is 0 Å². The maximum absolute atomic E-state index is 9.22. The highest BCUT2D eigenvalue weighted by Crippen LogP contribution is 2.26. The number of likely N-dealkylation sites (tertiary alicyclic amines) is 1. The minimum absolute atomic E-state index is 0.256. The van der Waals surface area contributed by atoms with E-state index in [0.29, 0.717) is 12.5 Å². The average molecular weight is 228 g/mol. The molecule has 2 atom stereocenters. The van der Waals surface area contributed by atoms with Crippen molar-refractivity contribution >= 4 is 0 Å². The third-order valence-corrected chi connectivity index (χ3v) is 3.81. The zero-order valence-electron chi connectivity index (χ0n) is 10.9. The van der Waals surface area contributed by atoms with Gasteiger partial charge in [-0.25, -0.2) is 0 Å². The Bertz CT molecular complexity index is 198. The van der Waals surface area contributed by atoms with Crippen molar-refractivity contribution in [1.82, 2.24) is 4.90 Å². The van der Waals surface area contributed by atoms with E-state index in [1.165, 1.54) is 32.2 Å². The second kappa shape index (κ2) is 6.58. The zero-order valence-corrected chi connectivity index (χ0v) is 10.9. The molecule has 96 valence electrons. The maximum Gasteiger partial charge on any atom is 0.0471 e. The lowest BCUT2D eigenvalue weighted by Crippen LogP contribution is -2.45. The fourth-order valence-electron chi connectivity index (χ4n) is 2.83. The van der Waals surface area contributed by atoms with Crippen molar-refractivity contribution in [1.29, 1.82) is 0 Å². The van der Waals surface area contributed by atoms with Crippen LogP contribution in [0.5, 0.6) is 0 Å². The standard InChI is InChI=1S/C13H28N2O/c1-3-6-13(2,10-14)11-15-7-4-5-12(8-15)9-16/h12,16H,3-11,14H2,1-2H3. The largest absolute Gasteiger partial charge is 0.396 e. The molecule has 0 amide bonds. The van der Waals surface area contributed by atoms with Crippen LogP contribution in [0.15, 0.2) is 0 Å². The molecule has 0 aromatic heterocycles. The first-order chi connectivity index (χ1) is 7.63. The second-order valence-corrected chi connectivity index (χ2v) is 5.69. The molecule has 2 unspecified atom stereocenters. The van der Waals surface area contributed by atoms with Crippen molar-refractivity contribution < 1.29 is 5.11 Å². The fraction of sp³-hybridized carbons (Fsp3) is 1.00. The van der Waals surface area contributed by atoms with Crippen LogP contribution < -0.4 is 5.73 Å². The predicted octanol–water partition coefficient (Wildman–Crippen LogP) is 1.46. The Balaban J connectivity index is 2.44. The number of piperidine rings is 1. The summed E-state index contributed by atoms with van der Waals surface area (Å²) in [7, 11) is 0. The molecule has 3 heteroatoms. The molecule has 1 aliphatic heterocycles. The molecule has 3 nitrogen and oxygen atoms in total. The fourth-order valence-corrected chi connectivity index (χ4v) is 2.83. The van der Waals surface area contributed by atoms with E-state index < -0.39 is 0 Å². The summed E-state index contributed by atoms with van der Waals surface area (Å²) in [5.74, 6) is 0.484. The van der Waals surface area contributed by atoms with E-state index in [9.17, 15) is 5.11 Å². The summed E-state index contributed by atoms with van der Waals surface area (Å²) in [6, 6.07) is 0. The molecular formula is C13H28N2O. The van der Waals surface area contributed by atoms with Gasteiger partial charge in [0.05, 0.1) is 0 Å². The number of aliphatic hydroxyl groups excluding tert-OH is 1. The lowest BCUT2D eigenvalue weighted by molar-refractivity contribution is 0.0827. The number of nitrogens with zero attached hydrogens (tertiary/aromatic N) is 1. The third-order valence-electron chi connectivity index (χ3n) is 3.81. The Morgan fingerprint density at radius 3 is 2.81 bits per heavy atom. The van der Waals surface area contributed by atoms with E-state index in [-0.39, 0.29) is 5.41 Å². The maximum atomic E-state index is 9.22. The summed E-state index contributed by atoms with van der Waals surface area (Å²) < 4.78 is 0. The monoisotopic (exact) mass is 228 g/mol. The van der Waals surface area contributed by atoms with Crippen LogP contribution in [-0.2, 0) is 0 Å². The highest BCUT2D eigenvalue weighted by molar-refractivity contribution is 4.82. The number of aliphatic hydroxyl groups is 1. The number of hydrogen-bond acceptors (Lipinski definition) is 3. The van der Waals surface area contributed by atoms with Gasteiger partial charge in [0.2, 0.25) is 0 Å². The van der Waals surface area contributed by atoms with Crippen molar-refractivity contribution in [3.8, 4) is 0 Å². The topological polar surface area (TPSA) is 49.5 Å². The first kappa shape index (κ1) is 13.9. The van der Waals surface area contributed by atoms with E-state index in [4.69, 9.17) is 5.73 Å². The molecule has 0 aliphatic carbocycles. The van der Waals surface area contributed by atoms with Crippen molar-refractivity contribution in [3.05, 3.63) is 0 Å². The minimum Gasteiger partial charge on any atom is -0.396 e. The van der Waals surface area contributed by atoms with Crippen LogP contribution in [-0.4, -0.2) is 42.8 Å². The summed E-state index contributed by atoms with van der Waals surface area (Å²) in [6.45, 7) is 8.93. The van der Waals surface area contributed by atoms with Gasteiger partial charge in [-0.2, -0.15) is 0 Å². The number of nitrogens with two attached hydrogens (primary N) is 1. The van der Waals surface area contributed by atoms with Crippen LogP contribution >= 0.6 is 0 Å². The molecule has 0 radical (unpaired) electrons. The molecule has 16 heavy (non-hydrogen) atoms. The van der Waals surface area contributed by atoms with Crippen LogP contribution in [0, 0.1) is 11.3 Å². The van der Waals surface area contributed by atoms with Crippen molar-refractivity contribution in [2.24, 2.45) is 17.1 Å². The molecule has 1 aliphatic rings. The van der Waals surface area contributed by atoms with E-state index in [0.717, 1.165) is 19.6 Å². The first-order valence-electron chi connectivity index (χ1n) is 6.67. The number of rotatable bonds is 6. The van der Waals surface area contributed by atoms with Crippen LogP contribution in [0.25, 0.3) is 0 Å². The SMILES string of the molecule is CCCC(C)(CN)CN1CCCC(CO)C1. The lowest BCUT2D eigenvalue weighted by Gasteiger charge is -2.38. The lowest BCUT2D eigenvalue weighted by atomic mass is 9.84. The summed E-state index contributed by atoms with van der Waals surface area (Å²) in [4.78, 5) is 2.49. The highest BCUT2D eigenvalue weighted by Gasteiger charge is 2.27. The Labute approximate surface area is 100 Å². The first-order valence-corrected chi connectivity index (χ1v) is 6.67. The summed E-state index contributed by atoms with van der Waals surface area (Å²) >= 11 is 0. The summed E-state index contributed by atoms with van der Waals surface area (Å²) in [6.07, 6.45) is 4.80. The normalized spacial score (nSPS) is 26.6. The molecule has 1 fully saturated rings. The van der Waals surface area contributed by atoms with E-state index in [2.05, 4.69) is 18.7 Å². The van der Waals surface area contributed by atoms with Crippen LogP contribution in [0.2, 0.25) is 0 Å². The molecule has 0 aromatic carbocycles. The summed E-state index contributed by atoms with van der Waals surface area (Å²) in [5, 5.41) is 9.22. The molecule has 0 saturated carbocycles. The van der Waals surface area contributed by atoms with Gasteiger partial charge < -0.3 is 15.7 Å². The Morgan fingerprint density at radius 2 is 2.25 bits per heavy atom. The molecule has 0 spiro atoms. The van der Waals surface area contributed by atoms with Gasteiger partial charge in [-0.05, 0) is 43.7 Å². The highest BCUT2D eigenvalue weighted by atomic mass is 16.3. The molecule has 1 heterocycles. The summed E-state index contributed by atoms with van der Waals surface area (Å²) in [5.41, 5.74) is 6.16. The van der Waals surface area contributed by atoms with Crippen LogP contribution in [0.4, 0.5) is 0 Å². The molecule has 0 aromatic rings. The molecular weight excluding hydrogens is 200 g/mol. The molecule has 1 rings (SSSR count). The molecule has 3 N–H and O–H groups in total. The van der Waals surface area contributed by atoms with Gasteiger partial charge in [0.15, 0.2) is 0 Å². The quantitative estimate of drug-likeness (QED) is 0.723. The van der Waals surface area contributed by atoms with Crippen molar-refractivity contribution in [3.63, 3.8) is 0 Å². The van der Waals surface area contributed by atoms with Gasteiger partial charge >= 0.3 is 0 Å². The average Bonchev–Trinajstić information content (AvgIpc) is 2.29. The molecule has 1 saturated heterocycles. The van der Waals surface area contributed by atoms with Crippen LogP contribution in [0.1, 0.15) is 39.5 Å². The second-order valence-electron chi connectivity index (χ2n) is 5.69. The Hall–Kier alpha value is -0.120. The van der Waals surface area contributed by atoms with E-state index in [1.807, 2.05) is 0 Å². The van der Waals surface area contributed by atoms with Crippen molar-refractivity contribution in [2.75, 3.05) is 32.8 Å². The van der Waals surface area contributed by atoms with Gasteiger partial charge in [0.25, 0.3) is 0 Å². The van der Waals surface area contributed by atoms with Gasteiger partial charge in [-0.1, -0.05) is 20.3 Å². The van der Waals surface area contributed by atoms with Gasteiger partial charge in [-0.3, -0.25) is 0 Å². The third kappa shape index (κ3) is 4.04. The smallest absolute Gasteiger partial charge is 0.0471 e. The van der Waals surface area contributed by atoms with E-state index in [1.54, 1.807) is 0 Å². The Kier molecular flexibility index (Phi) is 5.73. The molecule has 0 bridgehead atoms. The predicted molar refractivity (Wildman–Crippen MR) is 68.3 cm³/mol. The van der Waals surface area contributed by atoms with Crippen LogP contribution in [0.3, 0.4) is 0 Å². The van der Waals surface area contributed by atoms with Gasteiger partial charge in [0.1, 0.15) is 0 Å². The van der Waals surface area contributed by atoms with Crippen molar-refractivity contribution in [2.45, 2.75) is 39.5 Å².